The summed E-state index contributed by atoms with van der Waals surface area (Å²) in [6.45, 7) is 5.67. The van der Waals surface area contributed by atoms with Gasteiger partial charge in [0.05, 0.1) is 11.8 Å². The first kappa shape index (κ1) is 22.6. The van der Waals surface area contributed by atoms with Gasteiger partial charge in [-0.3, -0.25) is 4.79 Å². The van der Waals surface area contributed by atoms with Gasteiger partial charge in [0.25, 0.3) is 0 Å². The minimum atomic E-state index is -3.40. The third-order valence-electron chi connectivity index (χ3n) is 6.07. The first-order valence-electron chi connectivity index (χ1n) is 11.0. The van der Waals surface area contributed by atoms with Crippen LogP contribution in [0.4, 0.5) is 0 Å². The number of rotatable bonds is 6. The summed E-state index contributed by atoms with van der Waals surface area (Å²) < 4.78 is 38.3. The van der Waals surface area contributed by atoms with E-state index in [9.17, 15) is 13.2 Å². The van der Waals surface area contributed by atoms with E-state index in [0.29, 0.717) is 44.9 Å². The van der Waals surface area contributed by atoms with Crippen molar-refractivity contribution in [1.29, 1.82) is 0 Å². The van der Waals surface area contributed by atoms with Crippen molar-refractivity contribution in [2.75, 3.05) is 26.3 Å². The maximum absolute atomic E-state index is 12.8. The number of hydrogen-bond acceptors (Lipinski definition) is 5. The van der Waals surface area contributed by atoms with Crippen LogP contribution in [0.25, 0.3) is 0 Å². The number of benzene rings is 2. The predicted octanol–water partition coefficient (Wildman–Crippen LogP) is 3.19. The average molecular weight is 459 g/mol. The highest BCUT2D eigenvalue weighted by Gasteiger charge is 2.31. The molecule has 7 nitrogen and oxygen atoms in total. The van der Waals surface area contributed by atoms with Crippen molar-refractivity contribution in [3.8, 4) is 11.5 Å². The average Bonchev–Trinajstić information content (AvgIpc) is 2.78. The summed E-state index contributed by atoms with van der Waals surface area (Å²) in [5, 5.41) is 3.07. The van der Waals surface area contributed by atoms with Gasteiger partial charge in [-0.2, -0.15) is 0 Å². The molecule has 2 aliphatic heterocycles. The van der Waals surface area contributed by atoms with Crippen molar-refractivity contribution < 1.29 is 22.7 Å². The van der Waals surface area contributed by atoms with Crippen LogP contribution in [0.2, 0.25) is 0 Å². The first-order chi connectivity index (χ1) is 15.3. The molecule has 4 rings (SSSR count). The van der Waals surface area contributed by atoms with Crippen LogP contribution in [0.1, 0.15) is 42.5 Å². The molecule has 1 atom stereocenters. The topological polar surface area (TPSA) is 84.9 Å². The Morgan fingerprint density at radius 1 is 1.09 bits per heavy atom. The number of nitrogens with one attached hydrogen (secondary N) is 1. The van der Waals surface area contributed by atoms with Gasteiger partial charge in [-0.05, 0) is 49.9 Å². The van der Waals surface area contributed by atoms with Gasteiger partial charge in [0.1, 0.15) is 13.2 Å². The summed E-state index contributed by atoms with van der Waals surface area (Å²) in [4.78, 5) is 12.8. The van der Waals surface area contributed by atoms with Crippen LogP contribution < -0.4 is 14.8 Å². The molecule has 0 aromatic heterocycles. The van der Waals surface area contributed by atoms with Crippen LogP contribution in [0.3, 0.4) is 0 Å². The highest BCUT2D eigenvalue weighted by molar-refractivity contribution is 7.88. The number of carbonyl (C=O) groups is 1. The van der Waals surface area contributed by atoms with Crippen molar-refractivity contribution >= 4 is 15.9 Å². The number of hydrogen-bond donors (Lipinski definition) is 1. The number of carbonyl (C=O) groups excluding carboxylic acids is 1. The molecule has 0 radical (unpaired) electrons. The Kier molecular flexibility index (Phi) is 6.71. The third-order valence-corrected chi connectivity index (χ3v) is 7.92. The van der Waals surface area contributed by atoms with Crippen molar-refractivity contribution in [3.63, 3.8) is 0 Å². The molecule has 8 heteroatoms. The van der Waals surface area contributed by atoms with Crippen LogP contribution >= 0.6 is 0 Å². The number of piperidine rings is 1. The summed E-state index contributed by atoms with van der Waals surface area (Å²) in [6.07, 6.45) is 1.04. The molecule has 32 heavy (non-hydrogen) atoms. The molecule has 0 saturated carbocycles. The van der Waals surface area contributed by atoms with Crippen LogP contribution in [0.15, 0.2) is 42.5 Å². The zero-order valence-electron chi connectivity index (χ0n) is 18.5. The summed E-state index contributed by atoms with van der Waals surface area (Å²) in [5.41, 5.74) is 2.78. The van der Waals surface area contributed by atoms with Crippen LogP contribution in [0.5, 0.6) is 11.5 Å². The Bertz CT molecular complexity index is 1080. The first-order valence-corrected chi connectivity index (χ1v) is 12.7. The lowest BCUT2D eigenvalue weighted by molar-refractivity contribution is -0.126. The van der Waals surface area contributed by atoms with E-state index in [2.05, 4.69) is 5.32 Å². The van der Waals surface area contributed by atoms with Crippen LogP contribution in [-0.2, 0) is 20.6 Å². The van der Waals surface area contributed by atoms with E-state index >= 15 is 0 Å². The van der Waals surface area contributed by atoms with E-state index in [0.717, 1.165) is 22.4 Å². The third kappa shape index (κ3) is 5.24. The molecular weight excluding hydrogens is 428 g/mol. The number of amides is 1. The van der Waals surface area contributed by atoms with Crippen molar-refractivity contribution in [3.05, 3.63) is 59.2 Å². The van der Waals surface area contributed by atoms with Crippen molar-refractivity contribution in [2.45, 2.75) is 38.5 Å². The molecule has 1 unspecified atom stereocenters. The summed E-state index contributed by atoms with van der Waals surface area (Å²) >= 11 is 0. The Hall–Kier alpha value is -2.58. The molecule has 1 saturated heterocycles. The zero-order valence-corrected chi connectivity index (χ0v) is 19.4. The molecule has 2 aliphatic rings. The molecule has 0 bridgehead atoms. The number of fused-ring (bicyclic) bond motifs is 1. The van der Waals surface area contributed by atoms with Gasteiger partial charge >= 0.3 is 0 Å². The van der Waals surface area contributed by atoms with Gasteiger partial charge in [0, 0.05) is 19.0 Å². The SMILES string of the molecule is Cc1cccc(CS(=O)(=O)N2CCC(C(=O)NC(C)c3ccc4c(c3)OCCO4)CC2)c1. The van der Waals surface area contributed by atoms with E-state index in [1.54, 1.807) is 0 Å². The summed E-state index contributed by atoms with van der Waals surface area (Å²) in [5.74, 6) is 1.18. The molecule has 1 fully saturated rings. The van der Waals surface area contributed by atoms with E-state index in [1.807, 2.05) is 56.3 Å². The predicted molar refractivity (Wildman–Crippen MR) is 122 cm³/mol. The van der Waals surface area contributed by atoms with Gasteiger partial charge in [-0.25, -0.2) is 12.7 Å². The smallest absolute Gasteiger partial charge is 0.223 e. The van der Waals surface area contributed by atoms with Gasteiger partial charge in [-0.15, -0.1) is 0 Å². The Balaban J connectivity index is 1.31. The maximum Gasteiger partial charge on any atom is 0.223 e. The van der Waals surface area contributed by atoms with Gasteiger partial charge in [-0.1, -0.05) is 35.9 Å². The lowest BCUT2D eigenvalue weighted by atomic mass is 9.96. The number of ether oxygens (including phenoxy) is 2. The lowest BCUT2D eigenvalue weighted by Gasteiger charge is -2.31. The van der Waals surface area contributed by atoms with Gasteiger partial charge < -0.3 is 14.8 Å². The second-order valence-electron chi connectivity index (χ2n) is 8.55. The van der Waals surface area contributed by atoms with Crippen LogP contribution in [-0.4, -0.2) is 44.9 Å². The quantitative estimate of drug-likeness (QED) is 0.719. The second-order valence-corrected chi connectivity index (χ2v) is 10.5. The fraction of sp³-hybridized carbons (Fsp3) is 0.458. The van der Waals surface area contributed by atoms with E-state index in [4.69, 9.17) is 9.47 Å². The summed E-state index contributed by atoms with van der Waals surface area (Å²) in [7, 11) is -3.40. The summed E-state index contributed by atoms with van der Waals surface area (Å²) in [6, 6.07) is 13.1. The molecule has 0 aliphatic carbocycles. The van der Waals surface area contributed by atoms with Crippen molar-refractivity contribution in [1.82, 2.24) is 9.62 Å². The minimum absolute atomic E-state index is 0.00725. The lowest BCUT2D eigenvalue weighted by Crippen LogP contribution is -2.43. The van der Waals surface area contributed by atoms with E-state index in [1.165, 1.54) is 4.31 Å². The molecule has 1 amide bonds. The van der Waals surface area contributed by atoms with Gasteiger partial charge in [0.2, 0.25) is 15.9 Å². The normalized spacial score (nSPS) is 18.2. The maximum atomic E-state index is 12.8. The zero-order chi connectivity index (χ0) is 22.7. The molecule has 2 aromatic carbocycles. The molecule has 2 heterocycles. The number of aryl methyl sites for hydroxylation is 1. The Morgan fingerprint density at radius 3 is 2.53 bits per heavy atom. The molecule has 0 spiro atoms. The fourth-order valence-electron chi connectivity index (χ4n) is 4.24. The highest BCUT2D eigenvalue weighted by atomic mass is 32.2. The number of sulfonamides is 1. The standard InChI is InChI=1S/C24H30N2O5S/c1-17-4-3-5-19(14-17)16-32(28,29)26-10-8-20(9-11-26)24(27)25-18(2)21-6-7-22-23(15-21)31-13-12-30-22/h3-7,14-15,18,20H,8-13,16H2,1-2H3,(H,25,27). The molecule has 2 aromatic rings. The van der Waals surface area contributed by atoms with Gasteiger partial charge in [0.15, 0.2) is 11.5 Å². The van der Waals surface area contributed by atoms with Crippen molar-refractivity contribution in [2.24, 2.45) is 5.92 Å². The van der Waals surface area contributed by atoms with E-state index < -0.39 is 10.0 Å². The largest absolute Gasteiger partial charge is 0.486 e. The molecule has 172 valence electrons. The minimum Gasteiger partial charge on any atom is -0.486 e. The fourth-order valence-corrected chi connectivity index (χ4v) is 5.79. The van der Waals surface area contributed by atoms with E-state index in [-0.39, 0.29) is 23.6 Å². The van der Waals surface area contributed by atoms with Crippen LogP contribution in [0, 0.1) is 12.8 Å². The number of nitrogens with zero attached hydrogens (tertiary/aromatic N) is 1. The second kappa shape index (κ2) is 9.50. The Labute approximate surface area is 189 Å². The molecule has 1 N–H and O–H groups in total. The molecular formula is C24H30N2O5S. The Morgan fingerprint density at radius 2 is 1.81 bits per heavy atom. The highest BCUT2D eigenvalue weighted by Crippen LogP contribution is 2.33. The monoisotopic (exact) mass is 458 g/mol.